The van der Waals surface area contributed by atoms with Gasteiger partial charge >= 0.3 is 0 Å². The molecular formula is C25H30N2O5. The van der Waals surface area contributed by atoms with Crippen molar-refractivity contribution in [1.82, 2.24) is 9.80 Å². The summed E-state index contributed by atoms with van der Waals surface area (Å²) in [6.07, 6.45) is 0. The largest absolute Gasteiger partial charge is 0.507 e. The number of ketones is 1. The zero-order valence-electron chi connectivity index (χ0n) is 19.2. The van der Waals surface area contributed by atoms with Gasteiger partial charge in [-0.15, -0.1) is 0 Å². The van der Waals surface area contributed by atoms with Gasteiger partial charge in [-0.05, 0) is 69.4 Å². The van der Waals surface area contributed by atoms with Crippen LogP contribution in [0.15, 0.2) is 48.0 Å². The zero-order chi connectivity index (χ0) is 23.4. The second kappa shape index (κ2) is 9.87. The second-order valence-corrected chi connectivity index (χ2v) is 7.98. The van der Waals surface area contributed by atoms with Crippen molar-refractivity contribution in [2.24, 2.45) is 0 Å². The van der Waals surface area contributed by atoms with E-state index in [4.69, 9.17) is 9.47 Å². The fraction of sp³-hybridized carbons (Fsp3) is 0.360. The molecule has 1 atom stereocenters. The first kappa shape index (κ1) is 23.3. The first-order chi connectivity index (χ1) is 15.3. The van der Waals surface area contributed by atoms with Gasteiger partial charge in [-0.2, -0.15) is 0 Å². The van der Waals surface area contributed by atoms with Gasteiger partial charge in [0.05, 0.1) is 25.3 Å². The number of carbonyl (C=O) groups is 2. The van der Waals surface area contributed by atoms with Crippen LogP contribution >= 0.6 is 0 Å². The maximum Gasteiger partial charge on any atom is 0.295 e. The van der Waals surface area contributed by atoms with E-state index in [1.165, 1.54) is 4.90 Å². The number of carbonyl (C=O) groups excluding carboxylic acids is 2. The van der Waals surface area contributed by atoms with Crippen molar-refractivity contribution >= 4 is 17.4 Å². The first-order valence-corrected chi connectivity index (χ1v) is 10.6. The molecular weight excluding hydrogens is 408 g/mol. The van der Waals surface area contributed by atoms with Crippen LogP contribution in [0, 0.1) is 6.92 Å². The van der Waals surface area contributed by atoms with Gasteiger partial charge in [-0.3, -0.25) is 9.59 Å². The lowest BCUT2D eigenvalue weighted by Gasteiger charge is -2.26. The average molecular weight is 439 g/mol. The summed E-state index contributed by atoms with van der Waals surface area (Å²) in [7, 11) is 5.38. The summed E-state index contributed by atoms with van der Waals surface area (Å²) in [4.78, 5) is 29.5. The van der Waals surface area contributed by atoms with Crippen LogP contribution in [0.25, 0.3) is 5.76 Å². The number of hydrogen-bond donors (Lipinski definition) is 1. The van der Waals surface area contributed by atoms with E-state index < -0.39 is 17.7 Å². The molecule has 7 nitrogen and oxygen atoms in total. The summed E-state index contributed by atoms with van der Waals surface area (Å²) in [5, 5.41) is 11.2. The number of nitrogens with zero attached hydrogens (tertiary/aromatic N) is 2. The van der Waals surface area contributed by atoms with E-state index in [0.29, 0.717) is 36.8 Å². The number of amides is 1. The van der Waals surface area contributed by atoms with Crippen molar-refractivity contribution in [1.29, 1.82) is 0 Å². The normalized spacial score (nSPS) is 17.8. The maximum absolute atomic E-state index is 13.1. The monoisotopic (exact) mass is 438 g/mol. The van der Waals surface area contributed by atoms with Crippen LogP contribution in [0.3, 0.4) is 0 Å². The Morgan fingerprint density at radius 1 is 1.12 bits per heavy atom. The number of rotatable bonds is 8. The van der Waals surface area contributed by atoms with E-state index in [0.717, 1.165) is 11.1 Å². The van der Waals surface area contributed by atoms with Crippen molar-refractivity contribution < 1.29 is 24.2 Å². The lowest BCUT2D eigenvalue weighted by atomic mass is 9.94. The molecule has 0 saturated carbocycles. The van der Waals surface area contributed by atoms with E-state index in [-0.39, 0.29) is 11.3 Å². The molecule has 1 N–H and O–H groups in total. The van der Waals surface area contributed by atoms with E-state index in [2.05, 4.69) is 0 Å². The van der Waals surface area contributed by atoms with Gasteiger partial charge in [0.1, 0.15) is 17.3 Å². The van der Waals surface area contributed by atoms with Crippen molar-refractivity contribution in [2.45, 2.75) is 19.9 Å². The molecule has 1 aliphatic rings. The second-order valence-electron chi connectivity index (χ2n) is 7.98. The van der Waals surface area contributed by atoms with Gasteiger partial charge in [-0.1, -0.05) is 12.1 Å². The molecule has 0 bridgehead atoms. The number of aryl methyl sites for hydroxylation is 1. The van der Waals surface area contributed by atoms with Gasteiger partial charge in [0.25, 0.3) is 11.7 Å². The number of methoxy groups -OCH3 is 1. The third kappa shape index (κ3) is 4.62. The third-order valence-corrected chi connectivity index (χ3v) is 5.50. The van der Waals surface area contributed by atoms with E-state index >= 15 is 0 Å². The van der Waals surface area contributed by atoms with Gasteiger partial charge in [-0.25, -0.2) is 0 Å². The molecule has 1 fully saturated rings. The van der Waals surface area contributed by atoms with Crippen LogP contribution in [0.2, 0.25) is 0 Å². The molecule has 32 heavy (non-hydrogen) atoms. The van der Waals surface area contributed by atoms with Crippen LogP contribution in [-0.4, -0.2) is 67.5 Å². The summed E-state index contributed by atoms with van der Waals surface area (Å²) < 4.78 is 10.8. The molecule has 2 aromatic carbocycles. The Morgan fingerprint density at radius 2 is 1.81 bits per heavy atom. The molecule has 2 aromatic rings. The smallest absolute Gasteiger partial charge is 0.295 e. The number of aliphatic hydroxyl groups is 1. The third-order valence-electron chi connectivity index (χ3n) is 5.50. The van der Waals surface area contributed by atoms with E-state index in [1.54, 1.807) is 25.3 Å². The Morgan fingerprint density at radius 3 is 2.38 bits per heavy atom. The summed E-state index contributed by atoms with van der Waals surface area (Å²) in [6, 6.07) is 11.8. The topological polar surface area (TPSA) is 79.3 Å². The van der Waals surface area contributed by atoms with Gasteiger partial charge in [0.2, 0.25) is 0 Å². The Balaban J connectivity index is 2.12. The van der Waals surface area contributed by atoms with Crippen molar-refractivity contribution in [2.75, 3.05) is 40.9 Å². The zero-order valence-corrected chi connectivity index (χ0v) is 19.2. The lowest BCUT2D eigenvalue weighted by molar-refractivity contribution is -0.140. The Bertz CT molecular complexity index is 1030. The number of benzene rings is 2. The minimum atomic E-state index is -0.687. The molecule has 0 radical (unpaired) electrons. The van der Waals surface area contributed by atoms with Crippen LogP contribution in [0.4, 0.5) is 0 Å². The van der Waals surface area contributed by atoms with Gasteiger partial charge in [0, 0.05) is 18.7 Å². The predicted molar refractivity (Wildman–Crippen MR) is 123 cm³/mol. The maximum atomic E-state index is 13.1. The standard InChI is InChI=1S/C25H30N2O5/c1-6-32-19-10-7-17(8-11-19)22-21(24(29)25(30)27(22)14-13-26(3)4)23(28)18-9-12-20(31-5)16(2)15-18/h7-12,15,22,28H,6,13-14H2,1-5H3/b23-21-. The summed E-state index contributed by atoms with van der Waals surface area (Å²) in [5.74, 6) is -0.116. The highest BCUT2D eigenvalue weighted by Gasteiger charge is 2.45. The highest BCUT2D eigenvalue weighted by Crippen LogP contribution is 2.40. The van der Waals surface area contributed by atoms with E-state index in [1.807, 2.05) is 57.1 Å². The van der Waals surface area contributed by atoms with Crippen LogP contribution < -0.4 is 9.47 Å². The first-order valence-electron chi connectivity index (χ1n) is 10.6. The average Bonchev–Trinajstić information content (AvgIpc) is 3.02. The Hall–Kier alpha value is -3.32. The minimum Gasteiger partial charge on any atom is -0.507 e. The molecule has 3 rings (SSSR count). The fourth-order valence-corrected chi connectivity index (χ4v) is 3.86. The number of likely N-dealkylation sites (tertiary alicyclic amines) is 1. The molecule has 1 heterocycles. The van der Waals surface area contributed by atoms with Gasteiger partial charge < -0.3 is 24.4 Å². The summed E-state index contributed by atoms with van der Waals surface area (Å²) >= 11 is 0. The fourth-order valence-electron chi connectivity index (χ4n) is 3.86. The number of aliphatic hydroxyl groups excluding tert-OH is 1. The predicted octanol–water partition coefficient (Wildman–Crippen LogP) is 3.39. The van der Waals surface area contributed by atoms with Crippen molar-refractivity contribution in [3.63, 3.8) is 0 Å². The highest BCUT2D eigenvalue weighted by atomic mass is 16.5. The lowest BCUT2D eigenvalue weighted by Crippen LogP contribution is -2.35. The number of ether oxygens (including phenoxy) is 2. The molecule has 0 aromatic heterocycles. The summed E-state index contributed by atoms with van der Waals surface area (Å²) in [6.45, 7) is 5.24. The molecule has 1 aliphatic heterocycles. The highest BCUT2D eigenvalue weighted by molar-refractivity contribution is 6.46. The molecule has 0 spiro atoms. The molecule has 0 aliphatic carbocycles. The number of Topliss-reactive ketones (excluding diaryl/α,β-unsaturated/α-hetero) is 1. The SMILES string of the molecule is CCOc1ccc(C2/C(=C(/O)c3ccc(OC)c(C)c3)C(=O)C(=O)N2CCN(C)C)cc1. The number of hydrogen-bond acceptors (Lipinski definition) is 6. The summed E-state index contributed by atoms with van der Waals surface area (Å²) in [5.41, 5.74) is 2.10. The van der Waals surface area contributed by atoms with Gasteiger partial charge in [0.15, 0.2) is 0 Å². The Labute approximate surface area is 188 Å². The van der Waals surface area contributed by atoms with Crippen LogP contribution in [0.1, 0.15) is 29.7 Å². The molecule has 1 saturated heterocycles. The van der Waals surface area contributed by atoms with Crippen LogP contribution in [0.5, 0.6) is 11.5 Å². The Kier molecular flexibility index (Phi) is 7.20. The molecule has 1 unspecified atom stereocenters. The minimum absolute atomic E-state index is 0.0856. The van der Waals surface area contributed by atoms with E-state index in [9.17, 15) is 14.7 Å². The molecule has 7 heteroatoms. The molecule has 170 valence electrons. The quantitative estimate of drug-likeness (QED) is 0.387. The number of likely N-dealkylation sites (N-methyl/N-ethyl adjacent to an activating group) is 1. The van der Waals surface area contributed by atoms with Crippen LogP contribution in [-0.2, 0) is 9.59 Å². The molecule has 1 amide bonds. The van der Waals surface area contributed by atoms with Crippen molar-refractivity contribution in [3.8, 4) is 11.5 Å². The van der Waals surface area contributed by atoms with Crippen molar-refractivity contribution in [3.05, 3.63) is 64.7 Å².